The first kappa shape index (κ1) is 32.8. The molecule has 0 radical (unpaired) electrons. The molecule has 0 atom stereocenters. The molecule has 0 N–H and O–H groups in total. The lowest BCUT2D eigenvalue weighted by Crippen LogP contribution is -2.10. The fraction of sp³-hybridized carbons (Fsp3) is 0. The lowest BCUT2D eigenvalue weighted by atomic mass is 9.98. The number of benzene rings is 9. The minimum atomic E-state index is 0.868. The van der Waals surface area contributed by atoms with Crippen molar-refractivity contribution < 1.29 is 4.42 Å². The molecule has 4 heteroatoms. The van der Waals surface area contributed by atoms with Crippen LogP contribution in [-0.4, -0.2) is 4.57 Å². The third-order valence-corrected chi connectivity index (χ3v) is 12.8. The lowest BCUT2D eigenvalue weighted by molar-refractivity contribution is 0.645. The quantitative estimate of drug-likeness (QED) is 0.168. The van der Waals surface area contributed by atoms with E-state index in [1.54, 1.807) is 0 Å². The van der Waals surface area contributed by atoms with Crippen molar-refractivity contribution in [1.29, 1.82) is 0 Å². The van der Waals surface area contributed by atoms with Crippen LogP contribution in [0.1, 0.15) is 0 Å². The first-order chi connectivity index (χ1) is 28.8. The zero-order valence-corrected chi connectivity index (χ0v) is 32.2. The summed E-state index contributed by atoms with van der Waals surface area (Å²) in [6.07, 6.45) is 0. The van der Waals surface area contributed by atoms with Crippen molar-refractivity contribution in [2.75, 3.05) is 4.90 Å². The van der Waals surface area contributed by atoms with Gasteiger partial charge in [0.05, 0.1) is 21.3 Å². The maximum absolute atomic E-state index is 6.55. The molecule has 0 fully saturated rings. The van der Waals surface area contributed by atoms with E-state index in [1.807, 2.05) is 17.4 Å². The van der Waals surface area contributed by atoms with Gasteiger partial charge in [0.25, 0.3) is 0 Å². The minimum Gasteiger partial charge on any atom is -0.439 e. The van der Waals surface area contributed by atoms with Gasteiger partial charge in [-0.2, -0.15) is 0 Å². The van der Waals surface area contributed by atoms with Crippen molar-refractivity contribution in [2.45, 2.75) is 0 Å². The average molecular weight is 759 g/mol. The van der Waals surface area contributed by atoms with E-state index >= 15 is 0 Å². The van der Waals surface area contributed by atoms with Crippen LogP contribution in [0.5, 0.6) is 0 Å². The summed E-state index contributed by atoms with van der Waals surface area (Å²) in [6, 6.07) is 74.4. The number of aromatic nitrogens is 1. The van der Waals surface area contributed by atoms with Gasteiger partial charge in [0, 0.05) is 43.3 Å². The number of hydrogen-bond acceptors (Lipinski definition) is 3. The minimum absolute atomic E-state index is 0.868. The summed E-state index contributed by atoms with van der Waals surface area (Å²) < 4.78 is 11.4. The highest BCUT2D eigenvalue weighted by Crippen LogP contribution is 2.46. The van der Waals surface area contributed by atoms with Crippen molar-refractivity contribution in [1.82, 2.24) is 4.57 Å². The molecular formula is C54H34N2OS. The van der Waals surface area contributed by atoms with Crippen LogP contribution in [0, 0.1) is 0 Å². The smallest absolute Gasteiger partial charge is 0.213 e. The van der Waals surface area contributed by atoms with Gasteiger partial charge in [0.2, 0.25) is 5.71 Å². The van der Waals surface area contributed by atoms with E-state index in [2.05, 4.69) is 210 Å². The Hall–Kier alpha value is -7.40. The molecule has 0 amide bonds. The van der Waals surface area contributed by atoms with Crippen LogP contribution < -0.4 is 4.90 Å². The van der Waals surface area contributed by atoms with Crippen LogP contribution in [0.3, 0.4) is 0 Å². The number of rotatable bonds is 6. The lowest BCUT2D eigenvalue weighted by Gasteiger charge is -2.26. The van der Waals surface area contributed by atoms with Crippen molar-refractivity contribution in [2.24, 2.45) is 0 Å². The largest absolute Gasteiger partial charge is 0.439 e. The maximum Gasteiger partial charge on any atom is 0.213 e. The Morgan fingerprint density at radius 2 is 1.09 bits per heavy atom. The maximum atomic E-state index is 6.55. The number of anilines is 3. The van der Waals surface area contributed by atoms with E-state index in [-0.39, 0.29) is 0 Å². The second-order valence-electron chi connectivity index (χ2n) is 14.9. The molecule has 0 unspecified atom stereocenters. The van der Waals surface area contributed by atoms with Gasteiger partial charge >= 0.3 is 0 Å². The number of nitrogens with zero attached hydrogens (tertiary/aromatic N) is 2. The Morgan fingerprint density at radius 3 is 1.91 bits per heavy atom. The summed E-state index contributed by atoms with van der Waals surface area (Å²) in [4.78, 5) is 2.41. The summed E-state index contributed by atoms with van der Waals surface area (Å²) in [6.45, 7) is 0. The summed E-state index contributed by atoms with van der Waals surface area (Å²) in [5.74, 6) is 0. The third-order valence-electron chi connectivity index (χ3n) is 11.6. The molecule has 0 spiro atoms. The predicted octanol–water partition coefficient (Wildman–Crippen LogP) is 15.9. The van der Waals surface area contributed by atoms with Gasteiger partial charge in [-0.3, -0.25) is 4.57 Å². The van der Waals surface area contributed by atoms with Crippen LogP contribution in [0.4, 0.5) is 17.1 Å². The number of thiophene rings is 1. The molecule has 272 valence electrons. The van der Waals surface area contributed by atoms with Crippen LogP contribution in [0.25, 0.3) is 91.9 Å². The van der Waals surface area contributed by atoms with Gasteiger partial charge in [0.1, 0.15) is 5.58 Å². The van der Waals surface area contributed by atoms with Crippen LogP contribution >= 0.6 is 11.3 Å². The van der Waals surface area contributed by atoms with E-state index < -0.39 is 0 Å². The average Bonchev–Trinajstić information content (AvgIpc) is 3.96. The Bertz CT molecular complexity index is 3500. The van der Waals surface area contributed by atoms with Gasteiger partial charge in [-0.05, 0) is 93.7 Å². The van der Waals surface area contributed by atoms with Crippen molar-refractivity contribution in [3.8, 4) is 27.9 Å². The molecular weight excluding hydrogens is 725 g/mol. The topological polar surface area (TPSA) is 21.3 Å². The monoisotopic (exact) mass is 758 g/mol. The molecule has 3 nitrogen and oxygen atoms in total. The second kappa shape index (κ2) is 13.1. The fourth-order valence-electron chi connectivity index (χ4n) is 8.91. The number of fused-ring (bicyclic) bond motifs is 9. The SMILES string of the molecule is c1ccc(-n2c3cc(-c4ccc(N(c5ccc(-c6cccc7ccccc67)cc5)c5cccc6c5sc5ccccc56)cc4)ccc3c3c4ccccc4oc32)cc1. The second-order valence-corrected chi connectivity index (χ2v) is 15.9. The molecule has 12 rings (SSSR count). The Balaban J connectivity index is 0.995. The highest BCUT2D eigenvalue weighted by Gasteiger charge is 2.21. The van der Waals surface area contributed by atoms with Crippen molar-refractivity contribution in [3.05, 3.63) is 206 Å². The molecule has 0 saturated heterocycles. The molecule has 0 saturated carbocycles. The van der Waals surface area contributed by atoms with E-state index in [9.17, 15) is 0 Å². The van der Waals surface area contributed by atoms with Gasteiger partial charge in [-0.15, -0.1) is 11.3 Å². The molecule has 0 aliphatic heterocycles. The van der Waals surface area contributed by atoms with Gasteiger partial charge < -0.3 is 9.32 Å². The summed E-state index contributed by atoms with van der Waals surface area (Å²) in [5.41, 5.74) is 12.1. The van der Waals surface area contributed by atoms with Crippen LogP contribution in [-0.2, 0) is 0 Å². The summed E-state index contributed by atoms with van der Waals surface area (Å²) >= 11 is 1.86. The standard InChI is InChI=1S/C54H34N2OS/c1-2-14-39(15-3-1)56-49-34-38(28-33-46(49)52-47-18-6-8-22-50(47)57-54(52)56)35-24-29-40(30-25-35)55(48-21-11-20-45-44-17-7-9-23-51(44)58-53(45)48)41-31-26-37(27-32-41)43-19-10-13-36-12-4-5-16-42(36)43/h1-34H. The molecule has 58 heavy (non-hydrogen) atoms. The van der Waals surface area contributed by atoms with Crippen LogP contribution in [0.15, 0.2) is 211 Å². The van der Waals surface area contributed by atoms with Crippen molar-refractivity contribution in [3.63, 3.8) is 0 Å². The van der Waals surface area contributed by atoms with Gasteiger partial charge in [-0.1, -0.05) is 146 Å². The highest BCUT2D eigenvalue weighted by atomic mass is 32.1. The molecule has 3 aromatic heterocycles. The fourth-order valence-corrected chi connectivity index (χ4v) is 10.1. The Labute approximate surface area is 338 Å². The number of hydrogen-bond donors (Lipinski definition) is 0. The Kier molecular flexibility index (Phi) is 7.40. The first-order valence-corrected chi connectivity index (χ1v) is 20.5. The Morgan fingerprint density at radius 1 is 0.448 bits per heavy atom. The molecule has 0 aliphatic carbocycles. The highest BCUT2D eigenvalue weighted by molar-refractivity contribution is 7.26. The van der Waals surface area contributed by atoms with Gasteiger partial charge in [-0.25, -0.2) is 0 Å². The predicted molar refractivity (Wildman–Crippen MR) is 247 cm³/mol. The number of para-hydroxylation sites is 2. The van der Waals surface area contributed by atoms with Gasteiger partial charge in [0.15, 0.2) is 0 Å². The molecule has 9 aromatic carbocycles. The zero-order valence-electron chi connectivity index (χ0n) is 31.3. The van der Waals surface area contributed by atoms with E-state index in [0.717, 1.165) is 55.8 Å². The zero-order chi connectivity index (χ0) is 38.2. The normalized spacial score (nSPS) is 11.8. The van der Waals surface area contributed by atoms with E-state index in [0.29, 0.717) is 0 Å². The van der Waals surface area contributed by atoms with Crippen LogP contribution in [0.2, 0.25) is 0 Å². The molecule has 0 aliphatic rings. The van der Waals surface area contributed by atoms with E-state index in [4.69, 9.17) is 4.42 Å². The molecule has 0 bridgehead atoms. The summed E-state index contributed by atoms with van der Waals surface area (Å²) in [7, 11) is 0. The third kappa shape index (κ3) is 5.12. The molecule has 3 heterocycles. The molecule has 12 aromatic rings. The number of furan rings is 1. The van der Waals surface area contributed by atoms with E-state index in [1.165, 1.54) is 53.1 Å². The summed E-state index contributed by atoms with van der Waals surface area (Å²) in [5, 5.41) is 8.54. The van der Waals surface area contributed by atoms with Crippen molar-refractivity contribution >= 4 is 92.3 Å². The first-order valence-electron chi connectivity index (χ1n) is 19.7.